The molecular formula is C22H25FN2O. The number of nitrogens with one attached hydrogen (secondary N) is 1. The van der Waals surface area contributed by atoms with Gasteiger partial charge in [-0.15, -0.1) is 0 Å². The predicted octanol–water partition coefficient (Wildman–Crippen LogP) is 4.64. The van der Waals surface area contributed by atoms with Crippen LogP contribution in [-0.2, 0) is 19.4 Å². The number of aryl methyl sites for hydroxylation is 3. The highest BCUT2D eigenvalue weighted by Crippen LogP contribution is 2.27. The summed E-state index contributed by atoms with van der Waals surface area (Å²) in [6.07, 6.45) is 1.66. The summed E-state index contributed by atoms with van der Waals surface area (Å²) in [5.74, 6) is -0.298. The first-order valence-electron chi connectivity index (χ1n) is 9.19. The average molecular weight is 352 g/mol. The molecule has 136 valence electrons. The van der Waals surface area contributed by atoms with E-state index in [0.29, 0.717) is 13.0 Å². The third-order valence-corrected chi connectivity index (χ3v) is 4.93. The van der Waals surface area contributed by atoms with Crippen molar-refractivity contribution in [1.29, 1.82) is 0 Å². The highest BCUT2D eigenvalue weighted by atomic mass is 19.1. The minimum Gasteiger partial charge on any atom is -0.350 e. The molecule has 0 saturated heterocycles. The average Bonchev–Trinajstić information content (AvgIpc) is 2.94. The van der Waals surface area contributed by atoms with Crippen LogP contribution in [0.3, 0.4) is 0 Å². The molecule has 26 heavy (non-hydrogen) atoms. The first-order valence-corrected chi connectivity index (χ1v) is 9.19. The molecule has 0 unspecified atom stereocenters. The van der Waals surface area contributed by atoms with Crippen LogP contribution >= 0.6 is 0 Å². The number of halogens is 1. The molecule has 0 bridgehead atoms. The van der Waals surface area contributed by atoms with Crippen molar-refractivity contribution in [2.45, 2.75) is 40.2 Å². The summed E-state index contributed by atoms with van der Waals surface area (Å²) in [7, 11) is 0. The first-order chi connectivity index (χ1) is 12.5. The van der Waals surface area contributed by atoms with Gasteiger partial charge in [0.2, 0.25) is 0 Å². The van der Waals surface area contributed by atoms with Crippen molar-refractivity contribution >= 4 is 16.8 Å². The Hall–Kier alpha value is -2.62. The maximum atomic E-state index is 13.0. The SMILES string of the molecule is CCc1ccc2c(c1)c(C)c(C(=O)NCCc1ccc(F)cc1)n2CC. The Bertz CT molecular complexity index is 925. The molecule has 1 heterocycles. The maximum absolute atomic E-state index is 13.0. The van der Waals surface area contributed by atoms with Crippen LogP contribution in [0.1, 0.15) is 41.0 Å². The zero-order valence-corrected chi connectivity index (χ0v) is 15.6. The molecule has 0 aliphatic heterocycles. The summed E-state index contributed by atoms with van der Waals surface area (Å²) in [5.41, 5.74) is 5.14. The summed E-state index contributed by atoms with van der Waals surface area (Å²) in [5, 5.41) is 4.16. The van der Waals surface area contributed by atoms with Gasteiger partial charge in [0.05, 0.1) is 0 Å². The van der Waals surface area contributed by atoms with Gasteiger partial charge in [0, 0.05) is 24.0 Å². The molecule has 0 saturated carbocycles. The van der Waals surface area contributed by atoms with E-state index in [9.17, 15) is 9.18 Å². The fourth-order valence-electron chi connectivity index (χ4n) is 3.47. The van der Waals surface area contributed by atoms with Crippen molar-refractivity contribution in [3.8, 4) is 0 Å². The molecule has 4 heteroatoms. The minimum absolute atomic E-state index is 0.0549. The quantitative estimate of drug-likeness (QED) is 0.689. The zero-order valence-electron chi connectivity index (χ0n) is 15.6. The molecule has 0 aliphatic carbocycles. The summed E-state index contributed by atoms with van der Waals surface area (Å²) in [4.78, 5) is 12.8. The van der Waals surface area contributed by atoms with E-state index < -0.39 is 0 Å². The van der Waals surface area contributed by atoms with Crippen molar-refractivity contribution in [3.05, 3.63) is 70.7 Å². The van der Waals surface area contributed by atoms with Crippen molar-refractivity contribution in [3.63, 3.8) is 0 Å². The zero-order chi connectivity index (χ0) is 18.7. The van der Waals surface area contributed by atoms with E-state index >= 15 is 0 Å². The van der Waals surface area contributed by atoms with Crippen LogP contribution < -0.4 is 5.32 Å². The molecule has 2 aromatic carbocycles. The van der Waals surface area contributed by atoms with Gasteiger partial charge in [0.1, 0.15) is 11.5 Å². The van der Waals surface area contributed by atoms with Gasteiger partial charge in [-0.1, -0.05) is 25.1 Å². The number of carbonyl (C=O) groups excluding carboxylic acids is 1. The van der Waals surface area contributed by atoms with Crippen LogP contribution in [0.15, 0.2) is 42.5 Å². The lowest BCUT2D eigenvalue weighted by atomic mass is 10.1. The fourth-order valence-corrected chi connectivity index (χ4v) is 3.47. The highest BCUT2D eigenvalue weighted by Gasteiger charge is 2.19. The lowest BCUT2D eigenvalue weighted by Crippen LogP contribution is -2.28. The van der Waals surface area contributed by atoms with E-state index in [4.69, 9.17) is 0 Å². The standard InChI is InChI=1S/C22H25FN2O/c1-4-16-8-11-20-19(14-16)15(3)21(25(20)5-2)22(26)24-13-12-17-6-9-18(23)10-7-17/h6-11,14H,4-5,12-13H2,1-3H3,(H,24,26). The van der Waals surface area contributed by atoms with Crippen LogP contribution in [0.5, 0.6) is 0 Å². The molecule has 1 N–H and O–H groups in total. The Morgan fingerprint density at radius 2 is 1.77 bits per heavy atom. The molecule has 0 spiro atoms. The van der Waals surface area contributed by atoms with Gasteiger partial charge >= 0.3 is 0 Å². The van der Waals surface area contributed by atoms with Gasteiger partial charge < -0.3 is 9.88 Å². The van der Waals surface area contributed by atoms with E-state index in [1.165, 1.54) is 17.7 Å². The fraction of sp³-hybridized carbons (Fsp3) is 0.318. The normalized spacial score (nSPS) is 11.1. The van der Waals surface area contributed by atoms with E-state index in [0.717, 1.165) is 40.7 Å². The molecule has 1 aromatic heterocycles. The van der Waals surface area contributed by atoms with Gasteiger partial charge in [-0.2, -0.15) is 0 Å². The summed E-state index contributed by atoms with van der Waals surface area (Å²) < 4.78 is 15.0. The molecule has 1 amide bonds. The number of hydrogen-bond donors (Lipinski definition) is 1. The molecular weight excluding hydrogens is 327 g/mol. The van der Waals surface area contributed by atoms with Crippen LogP contribution in [0.2, 0.25) is 0 Å². The molecule has 0 aliphatic rings. The topological polar surface area (TPSA) is 34.0 Å². The van der Waals surface area contributed by atoms with Crippen LogP contribution in [-0.4, -0.2) is 17.0 Å². The Morgan fingerprint density at radius 1 is 1.08 bits per heavy atom. The third-order valence-electron chi connectivity index (χ3n) is 4.93. The molecule has 3 nitrogen and oxygen atoms in total. The van der Waals surface area contributed by atoms with Crippen LogP contribution in [0, 0.1) is 12.7 Å². The van der Waals surface area contributed by atoms with Crippen molar-refractivity contribution in [1.82, 2.24) is 9.88 Å². The lowest BCUT2D eigenvalue weighted by Gasteiger charge is -2.10. The minimum atomic E-state index is -0.243. The smallest absolute Gasteiger partial charge is 0.268 e. The highest BCUT2D eigenvalue weighted by molar-refractivity contribution is 6.01. The van der Waals surface area contributed by atoms with Crippen molar-refractivity contribution in [2.24, 2.45) is 0 Å². The number of rotatable bonds is 6. The predicted molar refractivity (Wildman–Crippen MR) is 104 cm³/mol. The number of carbonyl (C=O) groups is 1. The second-order valence-corrected chi connectivity index (χ2v) is 6.56. The number of aromatic nitrogens is 1. The Morgan fingerprint density at radius 3 is 2.42 bits per heavy atom. The second-order valence-electron chi connectivity index (χ2n) is 6.56. The van der Waals surface area contributed by atoms with Gasteiger partial charge in [-0.05, 0) is 67.6 Å². The summed E-state index contributed by atoms with van der Waals surface area (Å²) >= 11 is 0. The maximum Gasteiger partial charge on any atom is 0.268 e. The molecule has 0 radical (unpaired) electrons. The van der Waals surface area contributed by atoms with Gasteiger partial charge in [-0.3, -0.25) is 4.79 Å². The van der Waals surface area contributed by atoms with Crippen LogP contribution in [0.4, 0.5) is 4.39 Å². The summed E-state index contributed by atoms with van der Waals surface area (Å²) in [6, 6.07) is 12.8. The van der Waals surface area contributed by atoms with E-state index in [1.54, 1.807) is 12.1 Å². The van der Waals surface area contributed by atoms with Gasteiger partial charge in [0.15, 0.2) is 0 Å². The third kappa shape index (κ3) is 3.50. The van der Waals surface area contributed by atoms with E-state index in [2.05, 4.69) is 41.9 Å². The van der Waals surface area contributed by atoms with Gasteiger partial charge in [-0.25, -0.2) is 4.39 Å². The number of hydrogen-bond acceptors (Lipinski definition) is 1. The van der Waals surface area contributed by atoms with Crippen molar-refractivity contribution in [2.75, 3.05) is 6.54 Å². The lowest BCUT2D eigenvalue weighted by molar-refractivity contribution is 0.0945. The van der Waals surface area contributed by atoms with E-state index in [-0.39, 0.29) is 11.7 Å². The number of benzene rings is 2. The Kier molecular flexibility index (Phi) is 5.40. The monoisotopic (exact) mass is 352 g/mol. The molecule has 3 rings (SSSR count). The van der Waals surface area contributed by atoms with Crippen LogP contribution in [0.25, 0.3) is 10.9 Å². The summed E-state index contributed by atoms with van der Waals surface area (Å²) in [6.45, 7) is 7.48. The number of fused-ring (bicyclic) bond motifs is 1. The Balaban J connectivity index is 1.80. The number of amides is 1. The molecule has 0 atom stereocenters. The Labute approximate surface area is 153 Å². The largest absolute Gasteiger partial charge is 0.350 e. The molecule has 3 aromatic rings. The number of nitrogens with zero attached hydrogens (tertiary/aromatic N) is 1. The second kappa shape index (κ2) is 7.73. The van der Waals surface area contributed by atoms with E-state index in [1.807, 2.05) is 6.92 Å². The van der Waals surface area contributed by atoms with Crippen molar-refractivity contribution < 1.29 is 9.18 Å². The molecule has 0 fully saturated rings. The van der Waals surface area contributed by atoms with Gasteiger partial charge in [0.25, 0.3) is 5.91 Å². The first kappa shape index (κ1) is 18.2.